The Labute approximate surface area is 129 Å². The molecule has 2 rings (SSSR count). The van der Waals surface area contributed by atoms with E-state index >= 15 is 0 Å². The van der Waals surface area contributed by atoms with Gasteiger partial charge in [0, 0.05) is 12.1 Å². The van der Waals surface area contributed by atoms with Crippen LogP contribution in [0.2, 0.25) is 0 Å². The normalized spacial score (nSPS) is 20.0. The third kappa shape index (κ3) is 3.23. The molecule has 1 aliphatic rings. The van der Waals surface area contributed by atoms with Crippen molar-refractivity contribution in [1.82, 2.24) is 0 Å². The number of hydrogen-bond donors (Lipinski definition) is 1. The maximum absolute atomic E-state index is 5.67. The van der Waals surface area contributed by atoms with E-state index in [4.69, 9.17) is 5.73 Å². The summed E-state index contributed by atoms with van der Waals surface area (Å²) in [5.41, 5.74) is 12.5. The van der Waals surface area contributed by atoms with Gasteiger partial charge < -0.3 is 5.73 Å². The third-order valence-electron chi connectivity index (χ3n) is 4.98. The Hall–Kier alpha value is -1.50. The molecular formula is C20H29N. The molecule has 114 valence electrons. The SMILES string of the molecule is C=C(N)C/C=C(\C)c1ccc2c(c1)C(C)(C)CCC2(C)C. The average Bonchev–Trinajstić information content (AvgIpc) is 2.41. The Morgan fingerprint density at radius 1 is 1.14 bits per heavy atom. The fourth-order valence-corrected chi connectivity index (χ4v) is 3.24. The molecule has 0 fully saturated rings. The maximum atomic E-state index is 5.67. The molecule has 0 saturated carbocycles. The van der Waals surface area contributed by atoms with Crippen LogP contribution in [-0.4, -0.2) is 0 Å². The van der Waals surface area contributed by atoms with Crippen LogP contribution in [0.5, 0.6) is 0 Å². The first kappa shape index (κ1) is 15.9. The Bertz CT molecular complexity index is 588. The van der Waals surface area contributed by atoms with Crippen molar-refractivity contribution in [3.8, 4) is 0 Å². The average molecular weight is 283 g/mol. The van der Waals surface area contributed by atoms with Crippen molar-refractivity contribution in [3.05, 3.63) is 53.2 Å². The molecule has 1 aromatic carbocycles. The van der Waals surface area contributed by atoms with E-state index < -0.39 is 0 Å². The minimum atomic E-state index is 0.263. The molecule has 0 saturated heterocycles. The molecule has 0 spiro atoms. The minimum Gasteiger partial charge on any atom is -0.402 e. The number of nitrogens with two attached hydrogens (primary N) is 1. The predicted octanol–water partition coefficient (Wildman–Crippen LogP) is 5.30. The topological polar surface area (TPSA) is 26.0 Å². The molecule has 0 amide bonds. The molecule has 0 heterocycles. The van der Waals surface area contributed by atoms with Gasteiger partial charge in [0.25, 0.3) is 0 Å². The van der Waals surface area contributed by atoms with Gasteiger partial charge >= 0.3 is 0 Å². The molecule has 1 aliphatic carbocycles. The first-order chi connectivity index (χ1) is 9.63. The highest BCUT2D eigenvalue weighted by atomic mass is 14.5. The molecular weight excluding hydrogens is 254 g/mol. The second kappa shape index (κ2) is 5.36. The van der Waals surface area contributed by atoms with Gasteiger partial charge in [-0.3, -0.25) is 0 Å². The van der Waals surface area contributed by atoms with Gasteiger partial charge in [0.2, 0.25) is 0 Å². The van der Waals surface area contributed by atoms with Crippen molar-refractivity contribution in [1.29, 1.82) is 0 Å². The van der Waals surface area contributed by atoms with Gasteiger partial charge in [-0.1, -0.05) is 58.5 Å². The first-order valence-corrected chi connectivity index (χ1v) is 7.89. The monoisotopic (exact) mass is 283 g/mol. The highest BCUT2D eigenvalue weighted by Gasteiger charge is 2.36. The van der Waals surface area contributed by atoms with Gasteiger partial charge in [0.05, 0.1) is 0 Å². The van der Waals surface area contributed by atoms with Crippen molar-refractivity contribution >= 4 is 5.57 Å². The zero-order valence-electron chi connectivity index (χ0n) is 14.2. The van der Waals surface area contributed by atoms with Crippen molar-refractivity contribution in [2.45, 2.75) is 64.7 Å². The quantitative estimate of drug-likeness (QED) is 0.800. The molecule has 0 radical (unpaired) electrons. The van der Waals surface area contributed by atoms with E-state index in [9.17, 15) is 0 Å². The number of hydrogen-bond acceptors (Lipinski definition) is 1. The van der Waals surface area contributed by atoms with Crippen LogP contribution >= 0.6 is 0 Å². The van der Waals surface area contributed by atoms with E-state index in [0.717, 1.165) is 6.42 Å². The molecule has 0 unspecified atom stereocenters. The van der Waals surface area contributed by atoms with Crippen LogP contribution in [0.1, 0.15) is 70.6 Å². The maximum Gasteiger partial charge on any atom is 0.00491 e. The highest BCUT2D eigenvalue weighted by molar-refractivity contribution is 5.66. The van der Waals surface area contributed by atoms with Gasteiger partial charge in [-0.2, -0.15) is 0 Å². The smallest absolute Gasteiger partial charge is 0.00491 e. The number of allylic oxidation sites excluding steroid dienone is 2. The summed E-state index contributed by atoms with van der Waals surface area (Å²) in [6.07, 6.45) is 5.43. The van der Waals surface area contributed by atoms with Gasteiger partial charge in [-0.25, -0.2) is 0 Å². The lowest BCUT2D eigenvalue weighted by Crippen LogP contribution is -2.33. The van der Waals surface area contributed by atoms with E-state index in [2.05, 4.69) is 65.5 Å². The van der Waals surface area contributed by atoms with Gasteiger partial charge in [0.1, 0.15) is 0 Å². The summed E-state index contributed by atoms with van der Waals surface area (Å²) in [5, 5.41) is 0. The standard InChI is InChI=1S/C20H29N/c1-14(7-8-15(2)21)16-9-10-17-18(13-16)20(5,6)12-11-19(17,3)4/h7,9-10,13H,2,8,11-12,21H2,1,3-6H3/b14-7+. The molecule has 1 nitrogen and oxygen atoms in total. The van der Waals surface area contributed by atoms with Crippen LogP contribution < -0.4 is 5.73 Å². The summed E-state index contributed by atoms with van der Waals surface area (Å²) in [4.78, 5) is 0. The van der Waals surface area contributed by atoms with Crippen LogP contribution in [0, 0.1) is 0 Å². The Morgan fingerprint density at radius 3 is 2.29 bits per heavy atom. The molecule has 0 aromatic heterocycles. The van der Waals surface area contributed by atoms with Crippen molar-refractivity contribution < 1.29 is 0 Å². The van der Waals surface area contributed by atoms with Crippen LogP contribution in [0.25, 0.3) is 5.57 Å². The Balaban J connectivity index is 2.46. The van der Waals surface area contributed by atoms with Crippen LogP contribution in [0.4, 0.5) is 0 Å². The fraction of sp³-hybridized carbons (Fsp3) is 0.500. The van der Waals surface area contributed by atoms with E-state index in [1.165, 1.54) is 35.1 Å². The zero-order chi connectivity index (χ0) is 15.8. The van der Waals surface area contributed by atoms with Crippen LogP contribution in [-0.2, 0) is 10.8 Å². The molecule has 0 atom stereocenters. The van der Waals surface area contributed by atoms with E-state index in [0.29, 0.717) is 5.70 Å². The number of benzene rings is 1. The molecule has 1 aromatic rings. The van der Waals surface area contributed by atoms with Crippen molar-refractivity contribution in [2.75, 3.05) is 0 Å². The first-order valence-electron chi connectivity index (χ1n) is 7.89. The van der Waals surface area contributed by atoms with E-state index in [1.807, 2.05) is 0 Å². The van der Waals surface area contributed by atoms with Crippen LogP contribution in [0.3, 0.4) is 0 Å². The highest BCUT2D eigenvalue weighted by Crippen LogP contribution is 2.46. The lowest BCUT2D eigenvalue weighted by molar-refractivity contribution is 0.332. The van der Waals surface area contributed by atoms with Gasteiger partial charge in [-0.15, -0.1) is 0 Å². The predicted molar refractivity (Wildman–Crippen MR) is 93.3 cm³/mol. The summed E-state index contributed by atoms with van der Waals surface area (Å²) in [7, 11) is 0. The molecule has 21 heavy (non-hydrogen) atoms. The van der Waals surface area contributed by atoms with Gasteiger partial charge in [0.15, 0.2) is 0 Å². The van der Waals surface area contributed by atoms with Crippen LogP contribution in [0.15, 0.2) is 36.6 Å². The third-order valence-corrected chi connectivity index (χ3v) is 4.98. The van der Waals surface area contributed by atoms with E-state index in [1.54, 1.807) is 0 Å². The second-order valence-corrected chi connectivity index (χ2v) is 7.78. The summed E-state index contributed by atoms with van der Waals surface area (Å²) in [5.74, 6) is 0. The minimum absolute atomic E-state index is 0.263. The molecule has 2 N–H and O–H groups in total. The summed E-state index contributed by atoms with van der Waals surface area (Å²) < 4.78 is 0. The summed E-state index contributed by atoms with van der Waals surface area (Å²) in [6, 6.07) is 6.98. The lowest BCUT2D eigenvalue weighted by Gasteiger charge is -2.42. The van der Waals surface area contributed by atoms with Crippen molar-refractivity contribution in [3.63, 3.8) is 0 Å². The molecule has 1 heteroatoms. The lowest BCUT2D eigenvalue weighted by atomic mass is 9.63. The summed E-state index contributed by atoms with van der Waals surface area (Å²) >= 11 is 0. The molecule has 0 bridgehead atoms. The second-order valence-electron chi connectivity index (χ2n) is 7.78. The number of rotatable bonds is 3. The van der Waals surface area contributed by atoms with Crippen molar-refractivity contribution in [2.24, 2.45) is 5.73 Å². The largest absolute Gasteiger partial charge is 0.402 e. The zero-order valence-corrected chi connectivity index (χ0v) is 14.2. The van der Waals surface area contributed by atoms with E-state index in [-0.39, 0.29) is 10.8 Å². The molecule has 0 aliphatic heterocycles. The Morgan fingerprint density at radius 2 is 1.71 bits per heavy atom. The summed E-state index contributed by atoms with van der Waals surface area (Å²) in [6.45, 7) is 15.4. The van der Waals surface area contributed by atoms with Gasteiger partial charge in [-0.05, 0) is 52.9 Å². The fourth-order valence-electron chi connectivity index (χ4n) is 3.24. The Kier molecular flexibility index (Phi) is 4.06. The number of fused-ring (bicyclic) bond motifs is 1.